The van der Waals surface area contributed by atoms with Gasteiger partial charge in [0.15, 0.2) is 0 Å². The highest BCUT2D eigenvalue weighted by molar-refractivity contribution is 5.72. The van der Waals surface area contributed by atoms with Crippen molar-refractivity contribution < 1.29 is 9.53 Å². The van der Waals surface area contributed by atoms with Gasteiger partial charge in [0.05, 0.1) is 12.5 Å². The third-order valence-corrected chi connectivity index (χ3v) is 2.88. The molecular weight excluding hydrogens is 200 g/mol. The largest absolute Gasteiger partial charge is 0.465 e. The lowest BCUT2D eigenvalue weighted by Gasteiger charge is -2.13. The van der Waals surface area contributed by atoms with E-state index in [2.05, 4.69) is 27.7 Å². The summed E-state index contributed by atoms with van der Waals surface area (Å²) >= 11 is 0. The number of hydrogen-bond acceptors (Lipinski definition) is 2. The van der Waals surface area contributed by atoms with E-state index < -0.39 is 0 Å². The van der Waals surface area contributed by atoms with Crippen molar-refractivity contribution in [1.29, 1.82) is 0 Å². The molecule has 0 bridgehead atoms. The van der Waals surface area contributed by atoms with E-state index in [1.807, 2.05) is 0 Å². The molecule has 0 aliphatic rings. The molecule has 0 radical (unpaired) electrons. The van der Waals surface area contributed by atoms with Gasteiger partial charge in [-0.15, -0.1) is 0 Å². The molecule has 1 unspecified atom stereocenters. The first kappa shape index (κ1) is 15.5. The van der Waals surface area contributed by atoms with Crippen LogP contribution in [0.4, 0.5) is 0 Å². The zero-order chi connectivity index (χ0) is 12.4. The summed E-state index contributed by atoms with van der Waals surface area (Å²) in [6.45, 7) is 9.21. The molecule has 0 aliphatic heterocycles. The molecule has 0 aromatic carbocycles. The van der Waals surface area contributed by atoms with E-state index in [1.54, 1.807) is 0 Å². The van der Waals surface area contributed by atoms with E-state index in [1.165, 1.54) is 6.42 Å². The van der Waals surface area contributed by atoms with E-state index in [0.29, 0.717) is 6.61 Å². The number of carbonyl (C=O) groups is 1. The molecule has 0 aliphatic carbocycles. The molecule has 16 heavy (non-hydrogen) atoms. The molecule has 0 saturated heterocycles. The van der Waals surface area contributed by atoms with Gasteiger partial charge >= 0.3 is 5.97 Å². The SMILES string of the molecule is CCCC(CC)C(=O)OCCCCC(C)C. The zero-order valence-electron chi connectivity index (χ0n) is 11.4. The van der Waals surface area contributed by atoms with Crippen LogP contribution in [0.3, 0.4) is 0 Å². The fourth-order valence-corrected chi connectivity index (χ4v) is 1.78. The molecule has 0 aromatic heterocycles. The van der Waals surface area contributed by atoms with Crippen LogP contribution in [0.25, 0.3) is 0 Å². The molecule has 0 fully saturated rings. The molecule has 96 valence electrons. The third-order valence-electron chi connectivity index (χ3n) is 2.88. The lowest BCUT2D eigenvalue weighted by molar-refractivity contribution is -0.149. The van der Waals surface area contributed by atoms with Crippen LogP contribution in [0.1, 0.15) is 66.2 Å². The van der Waals surface area contributed by atoms with Gasteiger partial charge in [-0.05, 0) is 31.6 Å². The Bertz CT molecular complexity index is 176. The van der Waals surface area contributed by atoms with Crippen molar-refractivity contribution >= 4 is 5.97 Å². The first-order valence-electron chi connectivity index (χ1n) is 6.78. The van der Waals surface area contributed by atoms with Gasteiger partial charge in [0.25, 0.3) is 0 Å². The number of ether oxygens (including phenoxy) is 1. The van der Waals surface area contributed by atoms with Gasteiger partial charge in [-0.1, -0.05) is 40.5 Å². The van der Waals surface area contributed by atoms with Gasteiger partial charge < -0.3 is 4.74 Å². The van der Waals surface area contributed by atoms with Crippen LogP contribution in [-0.2, 0) is 9.53 Å². The highest BCUT2D eigenvalue weighted by Gasteiger charge is 2.16. The number of unbranched alkanes of at least 4 members (excludes halogenated alkanes) is 1. The maximum Gasteiger partial charge on any atom is 0.308 e. The molecule has 0 amide bonds. The minimum atomic E-state index is 0.00824. The summed E-state index contributed by atoms with van der Waals surface area (Å²) in [6, 6.07) is 0. The number of carbonyl (C=O) groups excluding carboxylic acids is 1. The summed E-state index contributed by atoms with van der Waals surface area (Å²) in [6.07, 6.45) is 6.31. The summed E-state index contributed by atoms with van der Waals surface area (Å²) < 4.78 is 5.29. The number of hydrogen-bond donors (Lipinski definition) is 0. The minimum absolute atomic E-state index is 0.00824. The predicted octanol–water partition coefficient (Wildman–Crippen LogP) is 4.18. The lowest BCUT2D eigenvalue weighted by Crippen LogP contribution is -2.17. The summed E-state index contributed by atoms with van der Waals surface area (Å²) in [5.41, 5.74) is 0. The molecular formula is C14H28O2. The second-order valence-corrected chi connectivity index (χ2v) is 4.95. The van der Waals surface area contributed by atoms with Crippen molar-refractivity contribution in [1.82, 2.24) is 0 Å². The van der Waals surface area contributed by atoms with E-state index >= 15 is 0 Å². The van der Waals surface area contributed by atoms with Crippen LogP contribution < -0.4 is 0 Å². The summed E-state index contributed by atoms with van der Waals surface area (Å²) in [5, 5.41) is 0. The van der Waals surface area contributed by atoms with Crippen molar-refractivity contribution in [2.24, 2.45) is 11.8 Å². The van der Waals surface area contributed by atoms with Crippen molar-refractivity contribution in [3.8, 4) is 0 Å². The predicted molar refractivity (Wildman–Crippen MR) is 68.3 cm³/mol. The smallest absolute Gasteiger partial charge is 0.308 e. The van der Waals surface area contributed by atoms with E-state index in [0.717, 1.165) is 38.0 Å². The van der Waals surface area contributed by atoms with Crippen LogP contribution >= 0.6 is 0 Å². The van der Waals surface area contributed by atoms with E-state index in [-0.39, 0.29) is 11.9 Å². The number of esters is 1. The Morgan fingerprint density at radius 1 is 1.12 bits per heavy atom. The molecule has 0 rings (SSSR count). The molecule has 1 atom stereocenters. The summed E-state index contributed by atoms with van der Waals surface area (Å²) in [5.74, 6) is 0.878. The molecule has 0 heterocycles. The van der Waals surface area contributed by atoms with Gasteiger partial charge in [0, 0.05) is 0 Å². The quantitative estimate of drug-likeness (QED) is 0.437. The van der Waals surface area contributed by atoms with E-state index in [4.69, 9.17) is 4.74 Å². The minimum Gasteiger partial charge on any atom is -0.465 e. The maximum absolute atomic E-state index is 11.6. The van der Waals surface area contributed by atoms with Gasteiger partial charge in [0.2, 0.25) is 0 Å². The summed E-state index contributed by atoms with van der Waals surface area (Å²) in [7, 11) is 0. The number of rotatable bonds is 9. The Kier molecular flexibility index (Phi) is 9.36. The standard InChI is InChI=1S/C14H28O2/c1-5-9-13(6-2)14(15)16-11-8-7-10-12(3)4/h12-13H,5-11H2,1-4H3. The van der Waals surface area contributed by atoms with Crippen LogP contribution in [0.5, 0.6) is 0 Å². The average Bonchev–Trinajstić information content (AvgIpc) is 2.24. The molecule has 2 nitrogen and oxygen atoms in total. The highest BCUT2D eigenvalue weighted by atomic mass is 16.5. The lowest BCUT2D eigenvalue weighted by atomic mass is 10.0. The molecule has 0 saturated carbocycles. The molecule has 0 N–H and O–H groups in total. The first-order valence-corrected chi connectivity index (χ1v) is 6.78. The maximum atomic E-state index is 11.6. The van der Waals surface area contributed by atoms with Gasteiger partial charge in [-0.2, -0.15) is 0 Å². The molecule has 0 aromatic rings. The fourth-order valence-electron chi connectivity index (χ4n) is 1.78. The highest BCUT2D eigenvalue weighted by Crippen LogP contribution is 2.13. The van der Waals surface area contributed by atoms with Gasteiger partial charge in [-0.25, -0.2) is 0 Å². The van der Waals surface area contributed by atoms with Crippen molar-refractivity contribution in [3.63, 3.8) is 0 Å². The fraction of sp³-hybridized carbons (Fsp3) is 0.929. The topological polar surface area (TPSA) is 26.3 Å². The Balaban J connectivity index is 3.55. The normalized spacial score (nSPS) is 12.8. The van der Waals surface area contributed by atoms with E-state index in [9.17, 15) is 4.79 Å². The van der Waals surface area contributed by atoms with Gasteiger partial charge in [0.1, 0.15) is 0 Å². The Labute approximate surface area is 101 Å². The van der Waals surface area contributed by atoms with Crippen molar-refractivity contribution in [2.75, 3.05) is 6.61 Å². The molecule has 2 heteroatoms. The monoisotopic (exact) mass is 228 g/mol. The van der Waals surface area contributed by atoms with Crippen LogP contribution in [0.15, 0.2) is 0 Å². The van der Waals surface area contributed by atoms with Crippen LogP contribution in [0, 0.1) is 11.8 Å². The van der Waals surface area contributed by atoms with Crippen LogP contribution in [0.2, 0.25) is 0 Å². The van der Waals surface area contributed by atoms with Crippen molar-refractivity contribution in [3.05, 3.63) is 0 Å². The Morgan fingerprint density at radius 2 is 1.81 bits per heavy atom. The molecule has 0 spiro atoms. The Hall–Kier alpha value is -0.530. The second-order valence-electron chi connectivity index (χ2n) is 4.95. The Morgan fingerprint density at radius 3 is 2.31 bits per heavy atom. The average molecular weight is 228 g/mol. The summed E-state index contributed by atoms with van der Waals surface area (Å²) in [4.78, 5) is 11.6. The third kappa shape index (κ3) is 7.72. The van der Waals surface area contributed by atoms with Gasteiger partial charge in [-0.3, -0.25) is 4.79 Å². The van der Waals surface area contributed by atoms with Crippen molar-refractivity contribution in [2.45, 2.75) is 66.2 Å². The first-order chi connectivity index (χ1) is 7.61. The zero-order valence-corrected chi connectivity index (χ0v) is 11.4. The van der Waals surface area contributed by atoms with Crippen LogP contribution in [-0.4, -0.2) is 12.6 Å². The second kappa shape index (κ2) is 9.68.